The third-order valence-corrected chi connectivity index (χ3v) is 10.5. The van der Waals surface area contributed by atoms with Crippen LogP contribution in [0.2, 0.25) is 0 Å². The van der Waals surface area contributed by atoms with Gasteiger partial charge >= 0.3 is 0 Å². The lowest BCUT2D eigenvalue weighted by molar-refractivity contribution is -0.123. The zero-order valence-electron chi connectivity index (χ0n) is 27.3. The fraction of sp³-hybridized carbons (Fsp3) is 0.556. The summed E-state index contributed by atoms with van der Waals surface area (Å²) in [6, 6.07) is 7.96. The van der Waals surface area contributed by atoms with E-state index >= 15 is 4.39 Å². The summed E-state index contributed by atoms with van der Waals surface area (Å²) in [5, 5.41) is 9.90. The van der Waals surface area contributed by atoms with Gasteiger partial charge in [0.25, 0.3) is 5.91 Å². The number of fused-ring (bicyclic) bond motifs is 3. The van der Waals surface area contributed by atoms with Crippen molar-refractivity contribution in [2.45, 2.75) is 95.7 Å². The molecule has 12 heteroatoms. The van der Waals surface area contributed by atoms with Gasteiger partial charge in [-0.3, -0.25) is 9.59 Å². The van der Waals surface area contributed by atoms with Gasteiger partial charge in [-0.15, -0.1) is 0 Å². The first-order valence-corrected chi connectivity index (χ1v) is 17.6. The Hall–Kier alpha value is -3.90. The summed E-state index contributed by atoms with van der Waals surface area (Å²) in [5.41, 5.74) is 3.33. The number of nitrogens with one attached hydrogen (secondary N) is 3. The van der Waals surface area contributed by atoms with E-state index in [-0.39, 0.29) is 29.5 Å². The number of imidazole rings is 1. The number of aryl methyl sites for hydroxylation is 1. The fourth-order valence-corrected chi connectivity index (χ4v) is 7.43. The molecular formula is C36H43F2N7O3. The highest BCUT2D eigenvalue weighted by Gasteiger charge is 2.42. The molecule has 254 valence electrons. The molecule has 3 N–H and O–H groups in total. The van der Waals surface area contributed by atoms with Gasteiger partial charge in [0.15, 0.2) is 5.82 Å². The minimum absolute atomic E-state index is 0.116. The molecular weight excluding hydrogens is 616 g/mol. The van der Waals surface area contributed by atoms with Gasteiger partial charge in [0, 0.05) is 37.0 Å². The van der Waals surface area contributed by atoms with Crippen molar-refractivity contribution in [2.24, 2.45) is 11.8 Å². The predicted octanol–water partition coefficient (Wildman–Crippen LogP) is 5.19. The number of alkyl halides is 1. The van der Waals surface area contributed by atoms with E-state index in [0.29, 0.717) is 55.4 Å². The first kappa shape index (κ1) is 31.4. The molecule has 4 aliphatic rings. The molecule has 0 radical (unpaired) electrons. The summed E-state index contributed by atoms with van der Waals surface area (Å²) in [4.78, 5) is 36.2. The topological polar surface area (TPSA) is 115 Å². The summed E-state index contributed by atoms with van der Waals surface area (Å²) < 4.78 is 40.4. The summed E-state index contributed by atoms with van der Waals surface area (Å²) in [6.07, 6.45) is 6.52. The zero-order chi connectivity index (χ0) is 32.9. The standard InChI is InChI=1S/C36H43F2N7O3/c1-20-28-9-6-22-16-32(44(33(22)41-28)12-4-2-3-5-21-15-24(21)35(46)40-20)34-42-29-17-25(36(47)43-30-19-39-11-10-26(30)37)27(38)18-31(29)45(34)13-14-48-23-7-8-23/h6,9,16-18,20-21,23-24,26,30,39H,2-5,7-8,10-15,19H2,1H3,(H,40,46)(H,43,47)/t20-,21-,24-,26+,30+/m1/s1. The van der Waals surface area contributed by atoms with Crippen molar-refractivity contribution in [2.75, 3.05) is 19.7 Å². The number of carbonyl (C=O) groups excluding carboxylic acids is 2. The van der Waals surface area contributed by atoms with Crippen molar-refractivity contribution < 1.29 is 23.1 Å². The van der Waals surface area contributed by atoms with Crippen LogP contribution in [0.4, 0.5) is 8.78 Å². The number of hydrogen-bond acceptors (Lipinski definition) is 6. The summed E-state index contributed by atoms with van der Waals surface area (Å²) in [7, 11) is 0. The van der Waals surface area contributed by atoms with Crippen molar-refractivity contribution >= 4 is 33.9 Å². The number of amides is 2. The lowest BCUT2D eigenvalue weighted by Gasteiger charge is -2.27. The highest BCUT2D eigenvalue weighted by atomic mass is 19.1. The van der Waals surface area contributed by atoms with Gasteiger partial charge in [0.05, 0.1) is 52.8 Å². The third-order valence-electron chi connectivity index (χ3n) is 10.5. The lowest BCUT2D eigenvalue weighted by atomic mass is 10.0. The van der Waals surface area contributed by atoms with Crippen molar-refractivity contribution in [3.63, 3.8) is 0 Å². The maximum atomic E-state index is 15.7. The molecule has 5 atom stereocenters. The van der Waals surface area contributed by atoms with Crippen LogP contribution in [-0.4, -0.2) is 68.9 Å². The average molecular weight is 660 g/mol. The molecule has 3 fully saturated rings. The van der Waals surface area contributed by atoms with Crippen LogP contribution in [0.3, 0.4) is 0 Å². The molecule has 0 unspecified atom stereocenters. The molecule has 2 saturated carbocycles. The number of benzene rings is 1. The van der Waals surface area contributed by atoms with Crippen LogP contribution in [0.25, 0.3) is 33.6 Å². The van der Waals surface area contributed by atoms with Gasteiger partial charge in [0.2, 0.25) is 5.91 Å². The van der Waals surface area contributed by atoms with Gasteiger partial charge in [0.1, 0.15) is 17.6 Å². The van der Waals surface area contributed by atoms with Crippen molar-refractivity contribution in [3.8, 4) is 11.5 Å². The van der Waals surface area contributed by atoms with Gasteiger partial charge in [-0.25, -0.2) is 18.7 Å². The number of rotatable bonds is 7. The number of halogens is 2. The lowest BCUT2D eigenvalue weighted by Crippen LogP contribution is -2.52. The fourth-order valence-electron chi connectivity index (χ4n) is 7.43. The normalized spacial score (nSPS) is 26.3. The van der Waals surface area contributed by atoms with Gasteiger partial charge in [-0.2, -0.15) is 0 Å². The van der Waals surface area contributed by atoms with E-state index in [1.165, 1.54) is 12.1 Å². The second-order valence-corrected chi connectivity index (χ2v) is 14.1. The summed E-state index contributed by atoms with van der Waals surface area (Å²) >= 11 is 0. The van der Waals surface area contributed by atoms with Crippen LogP contribution in [0.5, 0.6) is 0 Å². The van der Waals surface area contributed by atoms with Crippen LogP contribution in [0.1, 0.15) is 80.4 Å². The number of carbonyl (C=O) groups is 2. The Kier molecular flexibility index (Phi) is 8.40. The number of piperidine rings is 1. The smallest absolute Gasteiger partial charge is 0.254 e. The van der Waals surface area contributed by atoms with E-state index in [1.807, 2.05) is 23.6 Å². The maximum Gasteiger partial charge on any atom is 0.254 e. The Labute approximate surface area is 278 Å². The van der Waals surface area contributed by atoms with Crippen LogP contribution < -0.4 is 16.0 Å². The molecule has 1 saturated heterocycles. The highest BCUT2D eigenvalue weighted by Crippen LogP contribution is 2.43. The Morgan fingerprint density at radius 3 is 2.81 bits per heavy atom. The van der Waals surface area contributed by atoms with Gasteiger partial charge in [-0.05, 0) is 82.2 Å². The first-order chi connectivity index (χ1) is 23.3. The minimum atomic E-state index is -1.19. The highest BCUT2D eigenvalue weighted by molar-refractivity contribution is 5.98. The SMILES string of the molecule is C[C@H]1NC(=O)[C@@H]2C[C@H]2CCCCCn2c(-c3nc4cc(C(=O)N[C@H]5CNCC[C@@H]5F)c(F)cc4n3CCOC3CC3)cc3ccc1nc32. The van der Waals surface area contributed by atoms with Gasteiger partial charge in [-0.1, -0.05) is 12.8 Å². The second-order valence-electron chi connectivity index (χ2n) is 14.1. The maximum absolute atomic E-state index is 15.7. The predicted molar refractivity (Wildman–Crippen MR) is 178 cm³/mol. The van der Waals surface area contributed by atoms with E-state index in [0.717, 1.165) is 73.9 Å². The van der Waals surface area contributed by atoms with Crippen molar-refractivity contribution in [1.29, 1.82) is 0 Å². The Morgan fingerprint density at radius 2 is 1.98 bits per heavy atom. The molecule has 3 aromatic heterocycles. The quantitative estimate of drug-likeness (QED) is 0.252. The summed E-state index contributed by atoms with van der Waals surface area (Å²) in [6.45, 7) is 4.45. The van der Waals surface area contributed by atoms with Crippen molar-refractivity contribution in [1.82, 2.24) is 35.1 Å². The first-order valence-electron chi connectivity index (χ1n) is 17.6. The third kappa shape index (κ3) is 6.20. The van der Waals surface area contributed by atoms with E-state index in [2.05, 4.69) is 26.6 Å². The molecule has 48 heavy (non-hydrogen) atoms. The number of hydrogen-bond donors (Lipinski definition) is 3. The number of ether oxygens (including phenoxy) is 1. The molecule has 2 bridgehead atoms. The Morgan fingerprint density at radius 1 is 1.10 bits per heavy atom. The molecule has 8 rings (SSSR count). The largest absolute Gasteiger partial charge is 0.376 e. The van der Waals surface area contributed by atoms with E-state index in [4.69, 9.17) is 14.7 Å². The number of nitrogens with zero attached hydrogens (tertiary/aromatic N) is 4. The molecule has 10 nitrogen and oxygen atoms in total. The molecule has 5 heterocycles. The van der Waals surface area contributed by atoms with E-state index in [1.54, 1.807) is 0 Å². The number of pyridine rings is 1. The Bertz CT molecular complexity index is 1870. The average Bonchev–Trinajstić information content (AvgIpc) is 3.99. The van der Waals surface area contributed by atoms with Crippen LogP contribution >= 0.6 is 0 Å². The van der Waals surface area contributed by atoms with E-state index in [9.17, 15) is 14.0 Å². The summed E-state index contributed by atoms with van der Waals surface area (Å²) in [5.74, 6) is 0.00662. The van der Waals surface area contributed by atoms with Crippen LogP contribution in [-0.2, 0) is 22.6 Å². The molecule has 2 amide bonds. The van der Waals surface area contributed by atoms with Crippen LogP contribution in [0.15, 0.2) is 30.3 Å². The molecule has 1 aromatic carbocycles. The second kappa shape index (κ2) is 12.9. The monoisotopic (exact) mass is 659 g/mol. The molecule has 0 spiro atoms. The molecule has 2 aliphatic heterocycles. The molecule has 4 aromatic rings. The minimum Gasteiger partial charge on any atom is -0.376 e. The van der Waals surface area contributed by atoms with Crippen LogP contribution in [0, 0.1) is 17.7 Å². The number of aromatic nitrogens is 4. The van der Waals surface area contributed by atoms with E-state index < -0.39 is 23.9 Å². The molecule has 2 aliphatic carbocycles. The van der Waals surface area contributed by atoms with Crippen molar-refractivity contribution in [3.05, 3.63) is 47.4 Å². The Balaban J connectivity index is 1.19. The zero-order valence-corrected chi connectivity index (χ0v) is 27.3. The van der Waals surface area contributed by atoms with Gasteiger partial charge < -0.3 is 29.8 Å².